The van der Waals surface area contributed by atoms with Gasteiger partial charge in [0.25, 0.3) is 5.91 Å². The Morgan fingerprint density at radius 3 is 2.72 bits per heavy atom. The smallest absolute Gasteiger partial charge is 0.270 e. The molecule has 3 heterocycles. The number of para-hydroxylation sites is 1. The van der Waals surface area contributed by atoms with Crippen molar-refractivity contribution in [2.75, 3.05) is 13.1 Å². The first-order chi connectivity index (χ1) is 12.2. The van der Waals surface area contributed by atoms with Crippen molar-refractivity contribution in [2.45, 2.75) is 32.2 Å². The van der Waals surface area contributed by atoms with Crippen LogP contribution in [0.2, 0.25) is 0 Å². The van der Waals surface area contributed by atoms with Gasteiger partial charge in [0.1, 0.15) is 5.69 Å². The van der Waals surface area contributed by atoms with Crippen molar-refractivity contribution in [1.82, 2.24) is 14.5 Å². The van der Waals surface area contributed by atoms with E-state index in [2.05, 4.69) is 58.2 Å². The minimum absolute atomic E-state index is 0.141. The van der Waals surface area contributed by atoms with Crippen LogP contribution in [0.5, 0.6) is 0 Å². The zero-order chi connectivity index (χ0) is 17.4. The second-order valence-electron chi connectivity index (χ2n) is 6.71. The van der Waals surface area contributed by atoms with E-state index < -0.39 is 0 Å². The van der Waals surface area contributed by atoms with Gasteiger partial charge in [-0.3, -0.25) is 4.79 Å². The van der Waals surface area contributed by atoms with Crippen LogP contribution in [-0.4, -0.2) is 33.4 Å². The number of benzene rings is 1. The summed E-state index contributed by atoms with van der Waals surface area (Å²) in [6.45, 7) is 4.49. The predicted octanol–water partition coefficient (Wildman–Crippen LogP) is 4.77. The third-order valence-electron chi connectivity index (χ3n) is 5.20. The number of halogens is 1. The van der Waals surface area contributed by atoms with Crippen LogP contribution in [-0.2, 0) is 6.54 Å². The fourth-order valence-electron chi connectivity index (χ4n) is 3.79. The summed E-state index contributed by atoms with van der Waals surface area (Å²) >= 11 is 3.48. The largest absolute Gasteiger partial charge is 0.358 e. The number of aromatic nitrogens is 2. The molecule has 1 aliphatic rings. The highest BCUT2D eigenvalue weighted by Crippen LogP contribution is 2.30. The summed E-state index contributed by atoms with van der Waals surface area (Å²) < 4.78 is 2.97. The topological polar surface area (TPSA) is 41.0 Å². The Balaban J connectivity index is 1.46. The lowest BCUT2D eigenvalue weighted by atomic mass is 9.93. The minimum Gasteiger partial charge on any atom is -0.358 e. The van der Waals surface area contributed by atoms with Gasteiger partial charge >= 0.3 is 0 Å². The number of piperidine rings is 1. The summed E-state index contributed by atoms with van der Waals surface area (Å²) in [7, 11) is 0. The fraction of sp³-hybridized carbons (Fsp3) is 0.350. The van der Waals surface area contributed by atoms with Crippen LogP contribution in [0.25, 0.3) is 10.9 Å². The predicted molar refractivity (Wildman–Crippen MR) is 104 cm³/mol. The molecule has 130 valence electrons. The molecule has 0 aliphatic carbocycles. The third-order valence-corrected chi connectivity index (χ3v) is 5.63. The first kappa shape index (κ1) is 16.5. The van der Waals surface area contributed by atoms with Crippen LogP contribution in [0, 0.1) is 0 Å². The number of hydrogen-bond acceptors (Lipinski definition) is 1. The summed E-state index contributed by atoms with van der Waals surface area (Å²) in [5.41, 5.74) is 3.27. The van der Waals surface area contributed by atoms with Crippen LogP contribution in [0.15, 0.2) is 47.1 Å². The molecule has 3 aromatic rings. The number of nitrogens with one attached hydrogen (secondary N) is 1. The standard InChI is InChI=1S/C20H22BrN3O/c1-2-23-13-16(21)12-19(23)20(25)24-9-7-14(8-10-24)18-11-15-5-3-4-6-17(15)22-18/h3-6,11-14,22H,2,7-10H2,1H3. The van der Waals surface area contributed by atoms with Gasteiger partial charge in [0.05, 0.1) is 0 Å². The highest BCUT2D eigenvalue weighted by atomic mass is 79.9. The van der Waals surface area contributed by atoms with Crippen LogP contribution >= 0.6 is 15.9 Å². The highest BCUT2D eigenvalue weighted by molar-refractivity contribution is 9.10. The Kier molecular flexibility index (Phi) is 4.42. The molecular weight excluding hydrogens is 378 g/mol. The van der Waals surface area contributed by atoms with Crippen LogP contribution in [0.1, 0.15) is 41.9 Å². The van der Waals surface area contributed by atoms with Crippen LogP contribution in [0.3, 0.4) is 0 Å². The molecule has 2 aromatic heterocycles. The van der Waals surface area contributed by atoms with Crippen molar-refractivity contribution in [2.24, 2.45) is 0 Å². The SMILES string of the molecule is CCn1cc(Br)cc1C(=O)N1CCC(c2cc3ccccc3[nH]2)CC1. The van der Waals surface area contributed by atoms with Crippen molar-refractivity contribution in [3.05, 3.63) is 58.5 Å². The molecule has 1 fully saturated rings. The van der Waals surface area contributed by atoms with E-state index in [9.17, 15) is 4.79 Å². The van der Waals surface area contributed by atoms with Gasteiger partial charge in [-0.2, -0.15) is 0 Å². The molecule has 25 heavy (non-hydrogen) atoms. The van der Waals surface area contributed by atoms with Crippen molar-refractivity contribution < 1.29 is 4.79 Å². The quantitative estimate of drug-likeness (QED) is 0.676. The Hall–Kier alpha value is -2.01. The van der Waals surface area contributed by atoms with Gasteiger partial charge in [0.15, 0.2) is 0 Å². The monoisotopic (exact) mass is 399 g/mol. The number of aryl methyl sites for hydroxylation is 1. The molecule has 0 unspecified atom stereocenters. The summed E-state index contributed by atoms with van der Waals surface area (Å²) in [4.78, 5) is 18.4. The lowest BCUT2D eigenvalue weighted by Crippen LogP contribution is -2.38. The minimum atomic E-state index is 0.141. The normalized spacial score (nSPS) is 15.8. The number of amides is 1. The average Bonchev–Trinajstić information content (AvgIpc) is 3.24. The van der Waals surface area contributed by atoms with Gasteiger partial charge in [0.2, 0.25) is 0 Å². The van der Waals surface area contributed by atoms with Crippen molar-refractivity contribution in [3.8, 4) is 0 Å². The first-order valence-corrected chi connectivity index (χ1v) is 9.67. The van der Waals surface area contributed by atoms with Gasteiger partial charge in [-0.25, -0.2) is 0 Å². The molecule has 4 nitrogen and oxygen atoms in total. The van der Waals surface area contributed by atoms with E-state index in [1.807, 2.05) is 21.7 Å². The van der Waals surface area contributed by atoms with E-state index in [1.165, 1.54) is 16.6 Å². The Bertz CT molecular complexity index is 870. The van der Waals surface area contributed by atoms with E-state index in [-0.39, 0.29) is 5.91 Å². The van der Waals surface area contributed by atoms with Gasteiger partial charge < -0.3 is 14.5 Å². The van der Waals surface area contributed by atoms with Crippen molar-refractivity contribution in [3.63, 3.8) is 0 Å². The second kappa shape index (κ2) is 6.71. The number of likely N-dealkylation sites (tertiary alicyclic amines) is 1. The number of aromatic amines is 1. The summed E-state index contributed by atoms with van der Waals surface area (Å²) in [5.74, 6) is 0.642. The molecule has 0 radical (unpaired) electrons. The number of fused-ring (bicyclic) bond motifs is 1. The Morgan fingerprint density at radius 2 is 2.00 bits per heavy atom. The Morgan fingerprint density at radius 1 is 1.24 bits per heavy atom. The Labute approximate surface area is 156 Å². The molecule has 4 rings (SSSR count). The lowest BCUT2D eigenvalue weighted by molar-refractivity contribution is 0.0701. The van der Waals surface area contributed by atoms with E-state index in [1.54, 1.807) is 0 Å². The zero-order valence-electron chi connectivity index (χ0n) is 14.3. The van der Waals surface area contributed by atoms with Crippen LogP contribution in [0.4, 0.5) is 0 Å². The van der Waals surface area contributed by atoms with Gasteiger partial charge in [-0.15, -0.1) is 0 Å². The summed E-state index contributed by atoms with van der Waals surface area (Å²) in [5, 5.41) is 1.27. The molecule has 5 heteroatoms. The lowest BCUT2D eigenvalue weighted by Gasteiger charge is -2.31. The molecule has 0 atom stereocenters. The number of carbonyl (C=O) groups is 1. The molecule has 1 aromatic carbocycles. The molecular formula is C20H22BrN3O. The fourth-order valence-corrected chi connectivity index (χ4v) is 4.25. The average molecular weight is 400 g/mol. The van der Waals surface area contributed by atoms with Gasteiger partial charge in [0, 0.05) is 47.4 Å². The van der Waals surface area contributed by atoms with Gasteiger partial charge in [-0.05, 0) is 59.3 Å². The third kappa shape index (κ3) is 3.13. The van der Waals surface area contributed by atoms with E-state index in [0.29, 0.717) is 5.92 Å². The highest BCUT2D eigenvalue weighted by Gasteiger charge is 2.27. The molecule has 0 bridgehead atoms. The number of carbonyl (C=O) groups excluding carboxylic acids is 1. The van der Waals surface area contributed by atoms with E-state index in [0.717, 1.165) is 42.6 Å². The first-order valence-electron chi connectivity index (χ1n) is 8.88. The van der Waals surface area contributed by atoms with Crippen molar-refractivity contribution >= 4 is 32.7 Å². The number of nitrogens with zero attached hydrogens (tertiary/aromatic N) is 2. The van der Waals surface area contributed by atoms with Gasteiger partial charge in [-0.1, -0.05) is 18.2 Å². The maximum Gasteiger partial charge on any atom is 0.270 e. The summed E-state index contributed by atoms with van der Waals surface area (Å²) in [6, 6.07) is 12.6. The molecule has 1 aliphatic heterocycles. The molecule has 1 saturated heterocycles. The maximum atomic E-state index is 12.9. The summed E-state index contributed by atoms with van der Waals surface area (Å²) in [6.07, 6.45) is 3.99. The molecule has 0 saturated carbocycles. The number of hydrogen-bond donors (Lipinski definition) is 1. The second-order valence-corrected chi connectivity index (χ2v) is 7.62. The number of H-pyrrole nitrogens is 1. The molecule has 1 N–H and O–H groups in total. The van der Waals surface area contributed by atoms with E-state index >= 15 is 0 Å². The van der Waals surface area contributed by atoms with Crippen LogP contribution < -0.4 is 0 Å². The van der Waals surface area contributed by atoms with E-state index in [4.69, 9.17) is 0 Å². The molecule has 1 amide bonds. The zero-order valence-corrected chi connectivity index (χ0v) is 15.9. The van der Waals surface area contributed by atoms with Crippen molar-refractivity contribution in [1.29, 1.82) is 0 Å². The maximum absolute atomic E-state index is 12.9. The molecule has 0 spiro atoms. The number of rotatable bonds is 3.